The molecule has 6 rings (SSSR count). The number of benzene rings is 5. The highest BCUT2D eigenvalue weighted by atomic mass is 16.4. The van der Waals surface area contributed by atoms with Crippen molar-refractivity contribution in [1.29, 1.82) is 0 Å². The van der Waals surface area contributed by atoms with Gasteiger partial charge in [0.1, 0.15) is 0 Å². The molecule has 0 bridgehead atoms. The minimum absolute atomic E-state index is 0.258. The Morgan fingerprint density at radius 2 is 1.27 bits per heavy atom. The lowest BCUT2D eigenvalue weighted by Crippen LogP contribution is -2.40. The molecular formula is C25H15NO4. The molecule has 0 saturated carbocycles. The summed E-state index contributed by atoms with van der Waals surface area (Å²) in [5.74, 6) is -1.52. The first-order valence-electron chi connectivity index (χ1n) is 9.78. The van der Waals surface area contributed by atoms with Crippen LogP contribution in [0.1, 0.15) is 38.0 Å². The number of hydrogen-bond acceptors (Lipinski definition) is 3. The van der Waals surface area contributed by atoms with Gasteiger partial charge in [-0.1, -0.05) is 36.4 Å². The van der Waals surface area contributed by atoms with E-state index < -0.39 is 5.97 Å². The van der Waals surface area contributed by atoms with E-state index in [1.54, 1.807) is 25.1 Å². The molecule has 0 unspecified atom stereocenters. The van der Waals surface area contributed by atoms with Crippen molar-refractivity contribution >= 4 is 60.9 Å². The molecule has 2 amide bonds. The number of carboxylic acid groups (broad SMARTS) is 1. The number of amides is 2. The molecule has 30 heavy (non-hydrogen) atoms. The molecular weight excluding hydrogens is 378 g/mol. The highest BCUT2D eigenvalue weighted by molar-refractivity contribution is 6.38. The summed E-state index contributed by atoms with van der Waals surface area (Å²) >= 11 is 0. The standard InChI is InChI=1S/C25H15NO4/c1-2-26-23(27)18-10-7-15-12-4-3-5-13-17(25(29)30)9-6-14(20(12)13)16-8-11-19(24(26)28)22(18)21(15)16/h3-11H,2H2,1H3,(H,29,30). The minimum atomic E-state index is -0.967. The normalized spacial score (nSPS) is 14.0. The Labute approximate surface area is 170 Å². The highest BCUT2D eigenvalue weighted by Crippen LogP contribution is 2.44. The van der Waals surface area contributed by atoms with Crippen molar-refractivity contribution in [3.8, 4) is 0 Å². The molecule has 0 atom stereocenters. The second-order valence-corrected chi connectivity index (χ2v) is 7.62. The van der Waals surface area contributed by atoms with E-state index in [2.05, 4.69) is 0 Å². The second kappa shape index (κ2) is 5.54. The molecule has 0 aromatic heterocycles. The van der Waals surface area contributed by atoms with Crippen LogP contribution in [-0.2, 0) is 0 Å². The van der Waals surface area contributed by atoms with Crippen LogP contribution in [0.25, 0.3) is 43.1 Å². The molecule has 0 fully saturated rings. The van der Waals surface area contributed by atoms with Crippen molar-refractivity contribution in [2.24, 2.45) is 0 Å². The van der Waals surface area contributed by atoms with Crippen LogP contribution in [0, 0.1) is 0 Å². The van der Waals surface area contributed by atoms with Crippen molar-refractivity contribution < 1.29 is 19.5 Å². The SMILES string of the molecule is CCN1C(=O)c2ccc3c4cccc5c(C(=O)O)ccc(c6ccc(c2c36)C1=O)c54. The van der Waals surface area contributed by atoms with Crippen LogP contribution in [0.15, 0.2) is 54.6 Å². The van der Waals surface area contributed by atoms with E-state index in [0.29, 0.717) is 28.4 Å². The quantitative estimate of drug-likeness (QED) is 0.259. The van der Waals surface area contributed by atoms with Crippen LogP contribution >= 0.6 is 0 Å². The first-order chi connectivity index (χ1) is 14.5. The van der Waals surface area contributed by atoms with E-state index in [-0.39, 0.29) is 17.4 Å². The summed E-state index contributed by atoms with van der Waals surface area (Å²) in [7, 11) is 0. The summed E-state index contributed by atoms with van der Waals surface area (Å²) < 4.78 is 0. The molecule has 0 spiro atoms. The van der Waals surface area contributed by atoms with E-state index in [4.69, 9.17) is 0 Å². The summed E-state index contributed by atoms with van der Waals surface area (Å²) in [5, 5.41) is 16.4. The second-order valence-electron chi connectivity index (χ2n) is 7.62. The number of carboxylic acids is 1. The lowest BCUT2D eigenvalue weighted by molar-refractivity contribution is 0.0617. The van der Waals surface area contributed by atoms with Gasteiger partial charge in [0.2, 0.25) is 0 Å². The minimum Gasteiger partial charge on any atom is -0.478 e. The molecule has 144 valence electrons. The fraction of sp³-hybridized carbons (Fsp3) is 0.0800. The predicted molar refractivity (Wildman–Crippen MR) is 116 cm³/mol. The number of hydrogen-bond donors (Lipinski definition) is 1. The molecule has 5 nitrogen and oxygen atoms in total. The molecule has 5 aromatic rings. The van der Waals surface area contributed by atoms with Crippen molar-refractivity contribution in [1.82, 2.24) is 4.90 Å². The third-order valence-electron chi connectivity index (χ3n) is 6.28. The number of imide groups is 1. The maximum atomic E-state index is 13.0. The van der Waals surface area contributed by atoms with Crippen LogP contribution < -0.4 is 0 Å². The van der Waals surface area contributed by atoms with Crippen LogP contribution in [0.5, 0.6) is 0 Å². The van der Waals surface area contributed by atoms with Crippen molar-refractivity contribution in [3.63, 3.8) is 0 Å². The van der Waals surface area contributed by atoms with E-state index in [0.717, 1.165) is 32.3 Å². The summed E-state index contributed by atoms with van der Waals surface area (Å²) in [6, 6.07) is 16.5. The summed E-state index contributed by atoms with van der Waals surface area (Å²) in [6.07, 6.45) is 0. The molecule has 1 aliphatic rings. The Morgan fingerprint density at radius 1 is 0.733 bits per heavy atom. The van der Waals surface area contributed by atoms with Gasteiger partial charge in [-0.15, -0.1) is 0 Å². The van der Waals surface area contributed by atoms with Crippen molar-refractivity contribution in [2.75, 3.05) is 6.54 Å². The van der Waals surface area contributed by atoms with Gasteiger partial charge < -0.3 is 5.11 Å². The highest BCUT2D eigenvalue weighted by Gasteiger charge is 2.33. The van der Waals surface area contributed by atoms with Crippen LogP contribution in [0.4, 0.5) is 0 Å². The molecule has 0 radical (unpaired) electrons. The first-order valence-corrected chi connectivity index (χ1v) is 9.78. The fourth-order valence-corrected chi connectivity index (χ4v) is 5.01. The predicted octanol–water partition coefficient (Wildman–Crippen LogP) is 5.05. The topological polar surface area (TPSA) is 74.7 Å². The Morgan fingerprint density at radius 3 is 1.87 bits per heavy atom. The number of rotatable bonds is 2. The van der Waals surface area contributed by atoms with Gasteiger partial charge in [0.25, 0.3) is 11.8 Å². The third-order valence-corrected chi connectivity index (χ3v) is 6.28. The first kappa shape index (κ1) is 16.9. The number of aromatic carboxylic acids is 1. The fourth-order valence-electron chi connectivity index (χ4n) is 5.01. The average molecular weight is 393 g/mol. The van der Waals surface area contributed by atoms with E-state index >= 15 is 0 Å². The van der Waals surface area contributed by atoms with Crippen LogP contribution in [0.2, 0.25) is 0 Å². The monoisotopic (exact) mass is 393 g/mol. The Kier molecular flexibility index (Phi) is 3.12. The summed E-state index contributed by atoms with van der Waals surface area (Å²) in [4.78, 5) is 39.0. The molecule has 1 N–H and O–H groups in total. The van der Waals surface area contributed by atoms with Gasteiger partial charge in [0.15, 0.2) is 0 Å². The van der Waals surface area contributed by atoms with Gasteiger partial charge in [-0.3, -0.25) is 14.5 Å². The zero-order valence-corrected chi connectivity index (χ0v) is 16.0. The van der Waals surface area contributed by atoms with Crippen molar-refractivity contribution in [3.05, 3.63) is 71.3 Å². The molecule has 0 aliphatic carbocycles. The molecule has 1 heterocycles. The van der Waals surface area contributed by atoms with Crippen molar-refractivity contribution in [2.45, 2.75) is 6.92 Å². The van der Waals surface area contributed by atoms with Crippen LogP contribution in [0.3, 0.4) is 0 Å². The van der Waals surface area contributed by atoms with Gasteiger partial charge in [-0.2, -0.15) is 0 Å². The zero-order chi connectivity index (χ0) is 20.7. The Bertz CT molecular complexity index is 1530. The van der Waals surface area contributed by atoms with E-state index in [1.165, 1.54) is 4.90 Å². The maximum absolute atomic E-state index is 13.0. The number of carbonyl (C=O) groups is 3. The largest absolute Gasteiger partial charge is 0.478 e. The Hall–Kier alpha value is -3.99. The molecule has 5 aromatic carbocycles. The van der Waals surface area contributed by atoms with E-state index in [9.17, 15) is 19.5 Å². The molecule has 0 saturated heterocycles. The average Bonchev–Trinajstić information content (AvgIpc) is 2.76. The lowest BCUT2D eigenvalue weighted by Gasteiger charge is -2.27. The van der Waals surface area contributed by atoms with Gasteiger partial charge in [-0.25, -0.2) is 4.79 Å². The number of nitrogens with zero attached hydrogens (tertiary/aromatic N) is 1. The summed E-state index contributed by atoms with van der Waals surface area (Å²) in [5.41, 5.74) is 1.32. The zero-order valence-electron chi connectivity index (χ0n) is 16.0. The lowest BCUT2D eigenvalue weighted by atomic mass is 9.84. The van der Waals surface area contributed by atoms with Gasteiger partial charge in [-0.05, 0) is 62.8 Å². The van der Waals surface area contributed by atoms with Crippen LogP contribution in [-0.4, -0.2) is 34.3 Å². The molecule has 5 heteroatoms. The maximum Gasteiger partial charge on any atom is 0.336 e. The third kappa shape index (κ3) is 1.84. The summed E-state index contributed by atoms with van der Waals surface area (Å²) in [6.45, 7) is 2.11. The molecule has 1 aliphatic heterocycles. The van der Waals surface area contributed by atoms with E-state index in [1.807, 2.05) is 36.4 Å². The van der Waals surface area contributed by atoms with Gasteiger partial charge in [0.05, 0.1) is 5.56 Å². The van der Waals surface area contributed by atoms with Gasteiger partial charge >= 0.3 is 5.97 Å². The Balaban J connectivity index is 1.90. The number of carbonyl (C=O) groups excluding carboxylic acids is 2. The smallest absolute Gasteiger partial charge is 0.336 e. The number of fused-ring (bicyclic) bond motifs is 2. The van der Waals surface area contributed by atoms with Gasteiger partial charge in [0, 0.05) is 23.1 Å².